The largest absolute Gasteiger partial charge is 0.507 e. The van der Waals surface area contributed by atoms with Crippen LogP contribution in [0.1, 0.15) is 42.1 Å². The van der Waals surface area contributed by atoms with Gasteiger partial charge in [0.25, 0.3) is 11.7 Å². The molecule has 1 unspecified atom stereocenters. The number of carbonyl (C=O) groups excluding carboxylic acids is 2. The Kier molecular flexibility index (Phi) is 6.92. The van der Waals surface area contributed by atoms with Gasteiger partial charge in [0, 0.05) is 11.3 Å². The summed E-state index contributed by atoms with van der Waals surface area (Å²) in [6.07, 6.45) is 0.852. The van der Waals surface area contributed by atoms with Crippen LogP contribution in [0.3, 0.4) is 0 Å². The molecule has 6 heteroatoms. The highest BCUT2D eigenvalue weighted by molar-refractivity contribution is 6.51. The fraction of sp³-hybridized carbons (Fsp3) is 0.241. The first-order chi connectivity index (χ1) is 16.9. The molecule has 0 saturated carbocycles. The highest BCUT2D eigenvalue weighted by atomic mass is 16.5. The van der Waals surface area contributed by atoms with Gasteiger partial charge in [0.2, 0.25) is 0 Å². The Balaban J connectivity index is 1.95. The average molecular weight is 472 g/mol. The number of aliphatic hydroxyl groups excluding tert-OH is 1. The van der Waals surface area contributed by atoms with Gasteiger partial charge in [-0.15, -0.1) is 0 Å². The van der Waals surface area contributed by atoms with E-state index < -0.39 is 17.7 Å². The minimum Gasteiger partial charge on any atom is -0.507 e. The molecular formula is C29H29NO5. The van der Waals surface area contributed by atoms with Gasteiger partial charge in [-0.05, 0) is 61.2 Å². The third-order valence-electron chi connectivity index (χ3n) is 6.16. The monoisotopic (exact) mass is 471 g/mol. The zero-order chi connectivity index (χ0) is 25.1. The van der Waals surface area contributed by atoms with Gasteiger partial charge in [0.15, 0.2) is 11.5 Å². The standard InChI is InChI=1S/C29H29NO5/c1-5-19-10-12-20(13-11-19)27(31)25-26(21-14-15-23(34-4)24(17-21)35-6-2)30(29(33)28(25)32)22-9-7-8-18(3)16-22/h7-17,26,31H,5-6H2,1-4H3/b27-25-. The molecule has 3 aromatic carbocycles. The zero-order valence-electron chi connectivity index (χ0n) is 20.4. The molecule has 3 aromatic rings. The zero-order valence-corrected chi connectivity index (χ0v) is 20.4. The Morgan fingerprint density at radius 1 is 0.971 bits per heavy atom. The molecule has 0 radical (unpaired) electrons. The number of ether oxygens (including phenoxy) is 2. The van der Waals surface area contributed by atoms with Crippen molar-refractivity contribution in [2.75, 3.05) is 18.6 Å². The number of rotatable bonds is 7. The van der Waals surface area contributed by atoms with Gasteiger partial charge in [0.05, 0.1) is 25.3 Å². The number of ketones is 1. The second kappa shape index (κ2) is 10.1. The number of anilines is 1. The molecule has 1 heterocycles. The van der Waals surface area contributed by atoms with Crippen molar-refractivity contribution < 1.29 is 24.2 Å². The molecule has 1 atom stereocenters. The lowest BCUT2D eigenvalue weighted by Gasteiger charge is -2.26. The molecule has 0 bridgehead atoms. The molecule has 1 amide bonds. The number of carbonyl (C=O) groups is 2. The first-order valence-electron chi connectivity index (χ1n) is 11.7. The van der Waals surface area contributed by atoms with E-state index in [2.05, 4.69) is 0 Å². The van der Waals surface area contributed by atoms with E-state index in [1.807, 2.05) is 51.1 Å². The van der Waals surface area contributed by atoms with E-state index in [0.717, 1.165) is 17.5 Å². The van der Waals surface area contributed by atoms with E-state index in [-0.39, 0.29) is 11.3 Å². The maximum atomic E-state index is 13.4. The summed E-state index contributed by atoms with van der Waals surface area (Å²) in [5.74, 6) is -0.601. The maximum absolute atomic E-state index is 13.4. The van der Waals surface area contributed by atoms with Gasteiger partial charge in [-0.3, -0.25) is 14.5 Å². The number of nitrogens with zero attached hydrogens (tertiary/aromatic N) is 1. The summed E-state index contributed by atoms with van der Waals surface area (Å²) >= 11 is 0. The molecule has 4 rings (SSSR count). The third kappa shape index (κ3) is 4.52. The van der Waals surface area contributed by atoms with Gasteiger partial charge in [-0.25, -0.2) is 0 Å². The fourth-order valence-electron chi connectivity index (χ4n) is 4.38. The smallest absolute Gasteiger partial charge is 0.300 e. The van der Waals surface area contributed by atoms with Crippen molar-refractivity contribution in [2.45, 2.75) is 33.2 Å². The summed E-state index contributed by atoms with van der Waals surface area (Å²) in [6, 6.07) is 19.2. The number of methoxy groups -OCH3 is 1. The minimum atomic E-state index is -0.840. The van der Waals surface area contributed by atoms with Crippen LogP contribution in [-0.2, 0) is 16.0 Å². The summed E-state index contributed by atoms with van der Waals surface area (Å²) < 4.78 is 11.2. The number of aliphatic hydroxyl groups is 1. The average Bonchev–Trinajstić information content (AvgIpc) is 3.14. The van der Waals surface area contributed by atoms with Crippen LogP contribution in [0, 0.1) is 6.92 Å². The van der Waals surface area contributed by atoms with Gasteiger partial charge >= 0.3 is 0 Å². The number of amides is 1. The molecule has 35 heavy (non-hydrogen) atoms. The molecule has 1 saturated heterocycles. The molecule has 0 aromatic heterocycles. The normalized spacial score (nSPS) is 17.0. The third-order valence-corrected chi connectivity index (χ3v) is 6.16. The van der Waals surface area contributed by atoms with Crippen LogP contribution in [0.4, 0.5) is 5.69 Å². The summed E-state index contributed by atoms with van der Waals surface area (Å²) in [5, 5.41) is 11.3. The predicted molar refractivity (Wildman–Crippen MR) is 136 cm³/mol. The summed E-state index contributed by atoms with van der Waals surface area (Å²) in [5.41, 5.74) is 3.77. The SMILES string of the molecule is CCOc1cc(C2/C(=C(/O)c3ccc(CC)cc3)C(=O)C(=O)N2c2cccc(C)c2)ccc1OC. The van der Waals surface area contributed by atoms with Crippen molar-refractivity contribution in [1.29, 1.82) is 0 Å². The number of aryl methyl sites for hydroxylation is 2. The molecule has 180 valence electrons. The van der Waals surface area contributed by atoms with E-state index in [9.17, 15) is 14.7 Å². The van der Waals surface area contributed by atoms with E-state index in [0.29, 0.717) is 34.9 Å². The van der Waals surface area contributed by atoms with Gasteiger partial charge in [-0.2, -0.15) is 0 Å². The minimum absolute atomic E-state index is 0.0355. The summed E-state index contributed by atoms with van der Waals surface area (Å²) in [4.78, 5) is 28.2. The topological polar surface area (TPSA) is 76.1 Å². The van der Waals surface area contributed by atoms with Crippen LogP contribution in [0.2, 0.25) is 0 Å². The first kappa shape index (κ1) is 24.1. The molecule has 1 N–H and O–H groups in total. The second-order valence-electron chi connectivity index (χ2n) is 8.40. The van der Waals surface area contributed by atoms with Crippen LogP contribution in [0.5, 0.6) is 11.5 Å². The van der Waals surface area contributed by atoms with E-state index in [4.69, 9.17) is 9.47 Å². The maximum Gasteiger partial charge on any atom is 0.300 e. The number of hydrogen-bond donors (Lipinski definition) is 1. The van der Waals surface area contributed by atoms with Crippen LogP contribution in [0.15, 0.2) is 72.3 Å². The van der Waals surface area contributed by atoms with Crippen LogP contribution < -0.4 is 14.4 Å². The summed E-state index contributed by atoms with van der Waals surface area (Å²) in [7, 11) is 1.55. The van der Waals surface area contributed by atoms with E-state index in [1.54, 1.807) is 43.5 Å². The Morgan fingerprint density at radius 2 is 1.71 bits per heavy atom. The van der Waals surface area contributed by atoms with Crippen molar-refractivity contribution in [1.82, 2.24) is 0 Å². The quantitative estimate of drug-likeness (QED) is 0.276. The van der Waals surface area contributed by atoms with Gasteiger partial charge in [0.1, 0.15) is 5.76 Å². The molecular weight excluding hydrogens is 442 g/mol. The molecule has 6 nitrogen and oxygen atoms in total. The van der Waals surface area contributed by atoms with Gasteiger partial charge in [-0.1, -0.05) is 49.4 Å². The number of hydrogen-bond acceptors (Lipinski definition) is 5. The molecule has 1 aliphatic heterocycles. The van der Waals surface area contributed by atoms with Crippen molar-refractivity contribution in [3.8, 4) is 11.5 Å². The van der Waals surface area contributed by atoms with Crippen molar-refractivity contribution >= 4 is 23.1 Å². The van der Waals surface area contributed by atoms with Crippen molar-refractivity contribution in [3.63, 3.8) is 0 Å². The molecule has 1 fully saturated rings. The summed E-state index contributed by atoms with van der Waals surface area (Å²) in [6.45, 7) is 6.25. The number of Topliss-reactive ketones (excluding diaryl/α,β-unsaturated/α-hetero) is 1. The van der Waals surface area contributed by atoms with Crippen LogP contribution in [0.25, 0.3) is 5.76 Å². The predicted octanol–water partition coefficient (Wildman–Crippen LogP) is 5.59. The Bertz CT molecular complexity index is 1290. The Hall–Kier alpha value is -4.06. The lowest BCUT2D eigenvalue weighted by Crippen LogP contribution is -2.29. The van der Waals surface area contributed by atoms with Crippen LogP contribution in [-0.4, -0.2) is 30.5 Å². The van der Waals surface area contributed by atoms with Gasteiger partial charge < -0.3 is 14.6 Å². The lowest BCUT2D eigenvalue weighted by atomic mass is 9.94. The molecule has 1 aliphatic rings. The molecule has 0 aliphatic carbocycles. The second-order valence-corrected chi connectivity index (χ2v) is 8.40. The Labute approximate surface area is 205 Å². The van der Waals surface area contributed by atoms with Crippen molar-refractivity contribution in [3.05, 3.63) is 94.6 Å². The van der Waals surface area contributed by atoms with Crippen molar-refractivity contribution in [2.24, 2.45) is 0 Å². The lowest BCUT2D eigenvalue weighted by molar-refractivity contribution is -0.132. The Morgan fingerprint density at radius 3 is 2.34 bits per heavy atom. The van der Waals surface area contributed by atoms with Crippen LogP contribution >= 0.6 is 0 Å². The highest BCUT2D eigenvalue weighted by Crippen LogP contribution is 2.44. The highest BCUT2D eigenvalue weighted by Gasteiger charge is 2.47. The molecule has 0 spiro atoms. The fourth-order valence-corrected chi connectivity index (χ4v) is 4.38. The number of benzene rings is 3. The first-order valence-corrected chi connectivity index (χ1v) is 11.7. The van der Waals surface area contributed by atoms with E-state index >= 15 is 0 Å². The van der Waals surface area contributed by atoms with E-state index in [1.165, 1.54) is 4.90 Å².